The predicted octanol–water partition coefficient (Wildman–Crippen LogP) is 2.73. The largest absolute Gasteiger partial charge is 0.416 e. The molecule has 3 rings (SSSR count). The fourth-order valence-electron chi connectivity index (χ4n) is 2.30. The van der Waals surface area contributed by atoms with Crippen molar-refractivity contribution in [1.82, 2.24) is 15.3 Å². The summed E-state index contributed by atoms with van der Waals surface area (Å²) in [7, 11) is 0. The lowest BCUT2D eigenvalue weighted by Crippen LogP contribution is -2.10. The Morgan fingerprint density at radius 1 is 1.26 bits per heavy atom. The Morgan fingerprint density at radius 3 is 2.79 bits per heavy atom. The predicted molar refractivity (Wildman–Crippen MR) is 64.8 cm³/mol. The van der Waals surface area contributed by atoms with Gasteiger partial charge in [0, 0.05) is 24.0 Å². The second kappa shape index (κ2) is 4.45. The molecule has 19 heavy (non-hydrogen) atoms. The first-order valence-corrected chi connectivity index (χ1v) is 6.08. The van der Waals surface area contributed by atoms with Crippen LogP contribution in [0, 0.1) is 0 Å². The van der Waals surface area contributed by atoms with Crippen molar-refractivity contribution in [2.45, 2.75) is 18.5 Å². The number of hydrogen-bond acceptors (Lipinski definition) is 3. The molecule has 0 saturated carbocycles. The third-order valence-electron chi connectivity index (χ3n) is 3.35. The van der Waals surface area contributed by atoms with Crippen molar-refractivity contribution in [3.63, 3.8) is 0 Å². The number of aromatic nitrogens is 2. The molecule has 1 aromatic heterocycles. The van der Waals surface area contributed by atoms with Crippen LogP contribution in [0.25, 0.3) is 10.9 Å². The number of halogens is 3. The van der Waals surface area contributed by atoms with E-state index in [0.717, 1.165) is 31.6 Å². The first-order chi connectivity index (χ1) is 9.04. The van der Waals surface area contributed by atoms with Crippen molar-refractivity contribution in [2.75, 3.05) is 13.1 Å². The van der Waals surface area contributed by atoms with Crippen LogP contribution in [0.4, 0.5) is 13.2 Å². The van der Waals surface area contributed by atoms with Gasteiger partial charge in [-0.1, -0.05) is 0 Å². The third-order valence-corrected chi connectivity index (χ3v) is 3.35. The summed E-state index contributed by atoms with van der Waals surface area (Å²) in [6.45, 7) is 1.76. The molecular weight excluding hydrogens is 255 g/mol. The van der Waals surface area contributed by atoms with Gasteiger partial charge in [-0.15, -0.1) is 0 Å². The van der Waals surface area contributed by atoms with Gasteiger partial charge in [0.1, 0.15) is 5.82 Å². The number of nitrogens with one attached hydrogen (secondary N) is 1. The third kappa shape index (κ3) is 2.40. The molecule has 0 amide bonds. The Hall–Kier alpha value is -1.69. The molecule has 6 heteroatoms. The Labute approximate surface area is 107 Å². The van der Waals surface area contributed by atoms with Crippen molar-refractivity contribution < 1.29 is 13.2 Å². The molecule has 0 bridgehead atoms. The number of hydrogen-bond donors (Lipinski definition) is 1. The monoisotopic (exact) mass is 267 g/mol. The van der Waals surface area contributed by atoms with E-state index in [-0.39, 0.29) is 5.92 Å². The number of nitrogens with zero attached hydrogens (tertiary/aromatic N) is 2. The lowest BCUT2D eigenvalue weighted by Gasteiger charge is -2.10. The fourth-order valence-corrected chi connectivity index (χ4v) is 2.30. The van der Waals surface area contributed by atoms with Crippen molar-refractivity contribution in [3.8, 4) is 0 Å². The molecule has 1 unspecified atom stereocenters. The molecule has 1 aliphatic heterocycles. The van der Waals surface area contributed by atoms with Crippen molar-refractivity contribution >= 4 is 10.9 Å². The van der Waals surface area contributed by atoms with Crippen LogP contribution in [0.5, 0.6) is 0 Å². The van der Waals surface area contributed by atoms with Crippen LogP contribution >= 0.6 is 0 Å². The lowest BCUT2D eigenvalue weighted by atomic mass is 10.1. The molecular formula is C13H12F3N3. The van der Waals surface area contributed by atoms with Gasteiger partial charge in [-0.3, -0.25) is 0 Å². The summed E-state index contributed by atoms with van der Waals surface area (Å²) in [6.07, 6.45) is -1.89. The SMILES string of the molecule is FC(F)(F)c1ccc2nc(C3CCNC3)ncc2c1. The van der Waals surface area contributed by atoms with Crippen LogP contribution < -0.4 is 5.32 Å². The smallest absolute Gasteiger partial charge is 0.316 e. The lowest BCUT2D eigenvalue weighted by molar-refractivity contribution is -0.137. The average Bonchev–Trinajstić information content (AvgIpc) is 2.90. The second-order valence-corrected chi connectivity index (χ2v) is 4.69. The summed E-state index contributed by atoms with van der Waals surface area (Å²) in [5.74, 6) is 0.962. The van der Waals surface area contributed by atoms with Crippen molar-refractivity contribution in [3.05, 3.63) is 35.8 Å². The molecule has 2 aromatic rings. The Morgan fingerprint density at radius 2 is 2.11 bits per heavy atom. The maximum Gasteiger partial charge on any atom is 0.416 e. The van der Waals surface area contributed by atoms with E-state index in [2.05, 4.69) is 15.3 Å². The van der Waals surface area contributed by atoms with E-state index < -0.39 is 11.7 Å². The van der Waals surface area contributed by atoms with Crippen molar-refractivity contribution in [1.29, 1.82) is 0 Å². The zero-order valence-corrected chi connectivity index (χ0v) is 10.0. The highest BCUT2D eigenvalue weighted by molar-refractivity contribution is 5.78. The maximum atomic E-state index is 12.6. The highest BCUT2D eigenvalue weighted by Crippen LogP contribution is 2.31. The summed E-state index contributed by atoms with van der Waals surface area (Å²) in [6, 6.07) is 3.56. The van der Waals surface area contributed by atoms with Crippen molar-refractivity contribution in [2.24, 2.45) is 0 Å². The zero-order chi connectivity index (χ0) is 13.5. The minimum Gasteiger partial charge on any atom is -0.316 e. The number of alkyl halides is 3. The molecule has 2 heterocycles. The summed E-state index contributed by atoms with van der Waals surface area (Å²) in [5, 5.41) is 3.64. The summed E-state index contributed by atoms with van der Waals surface area (Å²) < 4.78 is 37.8. The van der Waals surface area contributed by atoms with Gasteiger partial charge in [-0.2, -0.15) is 13.2 Å². The molecule has 1 N–H and O–H groups in total. The highest BCUT2D eigenvalue weighted by Gasteiger charge is 2.30. The minimum atomic E-state index is -4.33. The second-order valence-electron chi connectivity index (χ2n) is 4.69. The van der Waals surface area contributed by atoms with Crippen LogP contribution in [0.15, 0.2) is 24.4 Å². The summed E-state index contributed by atoms with van der Waals surface area (Å²) in [5.41, 5.74) is -0.108. The van der Waals surface area contributed by atoms with Gasteiger partial charge in [0.15, 0.2) is 0 Å². The molecule has 3 nitrogen and oxygen atoms in total. The normalized spacial score (nSPS) is 20.1. The van der Waals surface area contributed by atoms with Gasteiger partial charge in [0.05, 0.1) is 11.1 Å². The topological polar surface area (TPSA) is 37.8 Å². The Balaban J connectivity index is 2.00. The molecule has 1 fully saturated rings. The Bertz CT molecular complexity index is 604. The van der Waals surface area contributed by atoms with E-state index in [4.69, 9.17) is 0 Å². The molecule has 0 radical (unpaired) electrons. The van der Waals surface area contributed by atoms with Crippen LogP contribution in [0.1, 0.15) is 23.7 Å². The quantitative estimate of drug-likeness (QED) is 0.863. The van der Waals surface area contributed by atoms with Gasteiger partial charge in [0.25, 0.3) is 0 Å². The molecule has 0 spiro atoms. The molecule has 1 aromatic carbocycles. The molecule has 1 atom stereocenters. The number of rotatable bonds is 1. The summed E-state index contributed by atoms with van der Waals surface area (Å²) >= 11 is 0. The van der Waals surface area contributed by atoms with Gasteiger partial charge in [-0.25, -0.2) is 9.97 Å². The van der Waals surface area contributed by atoms with Gasteiger partial charge >= 0.3 is 6.18 Å². The Kier molecular flexibility index (Phi) is 2.89. The molecule has 100 valence electrons. The first kappa shape index (κ1) is 12.3. The maximum absolute atomic E-state index is 12.6. The van der Waals surface area contributed by atoms with E-state index in [1.165, 1.54) is 12.3 Å². The molecule has 1 saturated heterocycles. The number of benzene rings is 1. The van der Waals surface area contributed by atoms with Crippen LogP contribution in [0.3, 0.4) is 0 Å². The van der Waals surface area contributed by atoms with E-state index >= 15 is 0 Å². The van der Waals surface area contributed by atoms with E-state index in [1.807, 2.05) is 0 Å². The standard InChI is InChI=1S/C13H12F3N3/c14-13(15,16)10-1-2-11-9(5-10)7-18-12(19-11)8-3-4-17-6-8/h1-2,5,7-8,17H,3-4,6H2. The zero-order valence-electron chi connectivity index (χ0n) is 10.0. The van der Waals surface area contributed by atoms with Crippen LogP contribution in [-0.2, 0) is 6.18 Å². The van der Waals surface area contributed by atoms with Gasteiger partial charge < -0.3 is 5.32 Å². The first-order valence-electron chi connectivity index (χ1n) is 6.08. The van der Waals surface area contributed by atoms with E-state index in [1.54, 1.807) is 0 Å². The summed E-state index contributed by atoms with van der Waals surface area (Å²) in [4.78, 5) is 8.56. The molecule has 1 aliphatic rings. The van der Waals surface area contributed by atoms with Gasteiger partial charge in [-0.05, 0) is 31.2 Å². The van der Waals surface area contributed by atoms with Crippen LogP contribution in [-0.4, -0.2) is 23.1 Å². The minimum absolute atomic E-state index is 0.256. The molecule has 0 aliphatic carbocycles. The van der Waals surface area contributed by atoms with Gasteiger partial charge in [0.2, 0.25) is 0 Å². The van der Waals surface area contributed by atoms with Crippen LogP contribution in [0.2, 0.25) is 0 Å². The van der Waals surface area contributed by atoms with E-state index in [9.17, 15) is 13.2 Å². The average molecular weight is 267 g/mol. The fraction of sp³-hybridized carbons (Fsp3) is 0.385. The van der Waals surface area contributed by atoms with E-state index in [0.29, 0.717) is 16.7 Å². The number of fused-ring (bicyclic) bond motifs is 1. The highest BCUT2D eigenvalue weighted by atomic mass is 19.4.